The Morgan fingerprint density at radius 3 is 2.62 bits per heavy atom. The Bertz CT molecular complexity index is 620. The van der Waals surface area contributed by atoms with Crippen LogP contribution in [0.3, 0.4) is 0 Å². The topological polar surface area (TPSA) is 87.9 Å². The number of esters is 1. The number of carbonyl (C=O) groups is 1. The molecular weight excluding hydrogens is 268 g/mol. The first-order valence-electron chi connectivity index (χ1n) is 6.43. The number of hydrogen-bond acceptors (Lipinski definition) is 6. The van der Waals surface area contributed by atoms with E-state index in [0.717, 1.165) is 5.56 Å². The van der Waals surface area contributed by atoms with Crippen LogP contribution in [0.15, 0.2) is 42.7 Å². The normalized spacial score (nSPS) is 9.67. The Morgan fingerprint density at radius 2 is 1.95 bits per heavy atom. The molecule has 0 amide bonds. The fourth-order valence-corrected chi connectivity index (χ4v) is 1.58. The van der Waals surface area contributed by atoms with Crippen molar-refractivity contribution >= 4 is 11.9 Å². The highest BCUT2D eigenvalue weighted by Crippen LogP contribution is 2.05. The number of carbonyl (C=O) groups excluding carboxylic acids is 1. The largest absolute Gasteiger partial charge is 0.461 e. The molecule has 1 aromatic carbocycles. The highest BCUT2D eigenvalue weighted by atomic mass is 16.5. The lowest BCUT2D eigenvalue weighted by Gasteiger charge is -2.06. The molecule has 0 aliphatic carbocycles. The van der Waals surface area contributed by atoms with Gasteiger partial charge in [-0.3, -0.25) is 4.79 Å². The summed E-state index contributed by atoms with van der Waals surface area (Å²) < 4.78 is 5.14. The second-order valence-electron chi connectivity index (χ2n) is 4.22. The molecule has 0 fully saturated rings. The predicted molar refractivity (Wildman–Crippen MR) is 76.1 cm³/mol. The molecule has 0 saturated carbocycles. The summed E-state index contributed by atoms with van der Waals surface area (Å²) in [5.41, 5.74) is 1.43. The minimum Gasteiger partial charge on any atom is -0.461 e. The molecule has 0 aliphatic heterocycles. The number of aromatic nitrogens is 2. The molecule has 0 atom stereocenters. The van der Waals surface area contributed by atoms with Crippen LogP contribution in [0.4, 0.5) is 5.95 Å². The second kappa shape index (κ2) is 7.60. The fraction of sp³-hybridized carbons (Fsp3) is 0.200. The summed E-state index contributed by atoms with van der Waals surface area (Å²) in [6.45, 7) is 0.614. The van der Waals surface area contributed by atoms with Gasteiger partial charge in [-0.2, -0.15) is 5.26 Å². The average Bonchev–Trinajstić information content (AvgIpc) is 2.54. The van der Waals surface area contributed by atoms with Crippen molar-refractivity contribution in [3.63, 3.8) is 0 Å². The van der Waals surface area contributed by atoms with Crippen molar-refractivity contribution in [1.82, 2.24) is 9.97 Å². The summed E-state index contributed by atoms with van der Waals surface area (Å²) in [6.07, 6.45) is 3.48. The van der Waals surface area contributed by atoms with Crippen LogP contribution < -0.4 is 5.32 Å². The van der Waals surface area contributed by atoms with Crippen molar-refractivity contribution in [2.45, 2.75) is 13.0 Å². The third kappa shape index (κ3) is 4.91. The van der Waals surface area contributed by atoms with Crippen molar-refractivity contribution in [2.24, 2.45) is 0 Å². The van der Waals surface area contributed by atoms with Gasteiger partial charge in [-0.05, 0) is 23.8 Å². The molecule has 0 radical (unpaired) electrons. The van der Waals surface area contributed by atoms with E-state index < -0.39 is 0 Å². The van der Waals surface area contributed by atoms with E-state index in [1.54, 1.807) is 42.7 Å². The highest BCUT2D eigenvalue weighted by Gasteiger charge is 2.04. The summed E-state index contributed by atoms with van der Waals surface area (Å²) in [4.78, 5) is 19.5. The molecule has 6 heteroatoms. The SMILES string of the molecule is N#Cc1ccc(COC(=O)CCNc2ncccn2)cc1. The molecule has 106 valence electrons. The van der Waals surface area contributed by atoms with E-state index in [0.29, 0.717) is 18.1 Å². The van der Waals surface area contributed by atoms with Gasteiger partial charge >= 0.3 is 5.97 Å². The van der Waals surface area contributed by atoms with Gasteiger partial charge in [-0.1, -0.05) is 12.1 Å². The van der Waals surface area contributed by atoms with Gasteiger partial charge < -0.3 is 10.1 Å². The molecule has 0 saturated heterocycles. The molecule has 2 aromatic rings. The van der Waals surface area contributed by atoms with Gasteiger partial charge in [0.15, 0.2) is 0 Å². The smallest absolute Gasteiger partial charge is 0.307 e. The second-order valence-corrected chi connectivity index (χ2v) is 4.22. The first-order valence-corrected chi connectivity index (χ1v) is 6.43. The lowest BCUT2D eigenvalue weighted by molar-refractivity contribution is -0.144. The van der Waals surface area contributed by atoms with E-state index in [4.69, 9.17) is 10.00 Å². The maximum Gasteiger partial charge on any atom is 0.307 e. The molecule has 0 bridgehead atoms. The zero-order valence-electron chi connectivity index (χ0n) is 11.3. The van der Waals surface area contributed by atoms with Gasteiger partial charge in [-0.25, -0.2) is 9.97 Å². The molecule has 21 heavy (non-hydrogen) atoms. The number of ether oxygens (including phenoxy) is 1. The minimum absolute atomic E-state index is 0.201. The molecule has 1 aromatic heterocycles. The van der Waals surface area contributed by atoms with Crippen LogP contribution in [-0.4, -0.2) is 22.5 Å². The van der Waals surface area contributed by atoms with Crippen LogP contribution in [0.25, 0.3) is 0 Å². The van der Waals surface area contributed by atoms with Gasteiger partial charge in [0.2, 0.25) is 5.95 Å². The maximum absolute atomic E-state index is 11.6. The van der Waals surface area contributed by atoms with Gasteiger partial charge in [0.05, 0.1) is 18.1 Å². The van der Waals surface area contributed by atoms with Crippen molar-refractivity contribution in [3.05, 3.63) is 53.9 Å². The molecule has 2 rings (SSSR count). The molecule has 0 aliphatic rings. The quantitative estimate of drug-likeness (QED) is 0.814. The van der Waals surface area contributed by atoms with Crippen LogP contribution in [0.1, 0.15) is 17.5 Å². The van der Waals surface area contributed by atoms with Gasteiger partial charge in [-0.15, -0.1) is 0 Å². The van der Waals surface area contributed by atoms with Crippen molar-refractivity contribution < 1.29 is 9.53 Å². The lowest BCUT2D eigenvalue weighted by atomic mass is 10.2. The number of nitriles is 1. The molecule has 6 nitrogen and oxygen atoms in total. The average molecular weight is 282 g/mol. The number of rotatable bonds is 6. The van der Waals surface area contributed by atoms with Crippen LogP contribution in [-0.2, 0) is 16.1 Å². The fourth-order valence-electron chi connectivity index (χ4n) is 1.58. The van der Waals surface area contributed by atoms with Gasteiger partial charge in [0, 0.05) is 18.9 Å². The van der Waals surface area contributed by atoms with E-state index in [1.807, 2.05) is 6.07 Å². The van der Waals surface area contributed by atoms with Crippen molar-refractivity contribution in [1.29, 1.82) is 5.26 Å². The number of nitrogens with one attached hydrogen (secondary N) is 1. The number of hydrogen-bond donors (Lipinski definition) is 1. The molecule has 0 unspecified atom stereocenters. The number of anilines is 1. The zero-order valence-corrected chi connectivity index (χ0v) is 11.3. The third-order valence-electron chi connectivity index (χ3n) is 2.66. The molecule has 1 heterocycles. The van der Waals surface area contributed by atoms with Crippen LogP contribution in [0.2, 0.25) is 0 Å². The molecular formula is C15H14N4O2. The summed E-state index contributed by atoms with van der Waals surface area (Å²) in [5.74, 6) is 0.181. The number of nitrogens with zero attached hydrogens (tertiary/aromatic N) is 3. The van der Waals surface area contributed by atoms with Crippen LogP contribution in [0.5, 0.6) is 0 Å². The Kier molecular flexibility index (Phi) is 5.24. The van der Waals surface area contributed by atoms with E-state index in [-0.39, 0.29) is 19.0 Å². The Hall–Kier alpha value is -2.94. The predicted octanol–water partition coefficient (Wildman–Crippen LogP) is 1.89. The van der Waals surface area contributed by atoms with E-state index in [9.17, 15) is 4.79 Å². The lowest BCUT2D eigenvalue weighted by Crippen LogP contribution is -2.12. The monoisotopic (exact) mass is 282 g/mol. The summed E-state index contributed by atoms with van der Waals surface area (Å²) in [5, 5.41) is 11.6. The minimum atomic E-state index is -0.303. The van der Waals surface area contributed by atoms with Crippen LogP contribution >= 0.6 is 0 Å². The Morgan fingerprint density at radius 1 is 1.24 bits per heavy atom. The summed E-state index contributed by atoms with van der Waals surface area (Å²) in [6, 6.07) is 10.7. The van der Waals surface area contributed by atoms with E-state index >= 15 is 0 Å². The first kappa shape index (κ1) is 14.5. The maximum atomic E-state index is 11.6. The van der Waals surface area contributed by atoms with E-state index in [1.165, 1.54) is 0 Å². The summed E-state index contributed by atoms with van der Waals surface area (Å²) >= 11 is 0. The summed E-state index contributed by atoms with van der Waals surface area (Å²) in [7, 11) is 0. The molecule has 1 N–H and O–H groups in total. The standard InChI is InChI=1S/C15H14N4O2/c16-10-12-2-4-13(5-3-12)11-21-14(20)6-9-19-15-17-7-1-8-18-15/h1-5,7-8H,6,9,11H2,(H,17,18,19). The van der Waals surface area contributed by atoms with Crippen molar-refractivity contribution in [2.75, 3.05) is 11.9 Å². The van der Waals surface area contributed by atoms with E-state index in [2.05, 4.69) is 15.3 Å². The Balaban J connectivity index is 1.68. The third-order valence-corrected chi connectivity index (χ3v) is 2.66. The van der Waals surface area contributed by atoms with Crippen molar-refractivity contribution in [3.8, 4) is 6.07 Å². The zero-order chi connectivity index (χ0) is 14.9. The van der Waals surface area contributed by atoms with Gasteiger partial charge in [0.25, 0.3) is 0 Å². The highest BCUT2D eigenvalue weighted by molar-refractivity contribution is 5.69. The Labute approximate surface area is 122 Å². The van der Waals surface area contributed by atoms with Crippen LogP contribution in [0, 0.1) is 11.3 Å². The van der Waals surface area contributed by atoms with Gasteiger partial charge in [0.1, 0.15) is 6.61 Å². The first-order chi connectivity index (χ1) is 10.3. The molecule has 0 spiro atoms. The number of benzene rings is 1.